The van der Waals surface area contributed by atoms with Crippen molar-refractivity contribution < 1.29 is 0 Å². The summed E-state index contributed by atoms with van der Waals surface area (Å²) in [6.45, 7) is 3.45. The Morgan fingerprint density at radius 1 is 0.679 bits per heavy atom. The van der Waals surface area contributed by atoms with E-state index < -0.39 is 0 Å². The number of hydrogen-bond acceptors (Lipinski definition) is 2. The smallest absolute Gasteiger partial charge is 0.0543 e. The minimum Gasteiger partial charge on any atom is -0.371 e. The Hall–Kier alpha value is -2.74. The van der Waals surface area contributed by atoms with Crippen LogP contribution in [0.5, 0.6) is 0 Å². The Kier molecular flexibility index (Phi) is 4.78. The molecule has 0 saturated heterocycles. The molecule has 0 amide bonds. The maximum Gasteiger partial charge on any atom is 0.0543 e. The maximum absolute atomic E-state index is 2.64. The number of para-hydroxylation sites is 2. The molecule has 0 bridgehead atoms. The van der Waals surface area contributed by atoms with Crippen LogP contribution < -0.4 is 9.80 Å². The highest BCUT2D eigenvalue weighted by atomic mass is 15.2. The molecule has 2 aliphatic heterocycles. The van der Waals surface area contributed by atoms with Crippen molar-refractivity contribution in [3.8, 4) is 0 Å². The van der Waals surface area contributed by atoms with E-state index >= 15 is 0 Å². The van der Waals surface area contributed by atoms with E-state index in [0.29, 0.717) is 6.04 Å². The molecule has 0 fully saturated rings. The third-order valence-electron chi connectivity index (χ3n) is 6.37. The summed E-state index contributed by atoms with van der Waals surface area (Å²) >= 11 is 0. The number of fused-ring (bicyclic) bond motifs is 2. The Bertz CT molecular complexity index is 934. The SMILES string of the molecule is c1ccc(C(CCCN2CCc3ccccc32)N2CCc3ccccc32)cc1. The number of hydrogen-bond donors (Lipinski definition) is 0. The second-order valence-electron chi connectivity index (χ2n) is 8.01. The summed E-state index contributed by atoms with van der Waals surface area (Å²) in [5.41, 5.74) is 7.33. The van der Waals surface area contributed by atoms with Gasteiger partial charge in [-0.05, 0) is 54.5 Å². The Labute approximate surface area is 168 Å². The zero-order valence-electron chi connectivity index (χ0n) is 16.4. The molecule has 1 unspecified atom stereocenters. The lowest BCUT2D eigenvalue weighted by atomic mass is 9.99. The molecule has 28 heavy (non-hydrogen) atoms. The molecule has 0 radical (unpaired) electrons. The topological polar surface area (TPSA) is 6.48 Å². The van der Waals surface area contributed by atoms with Gasteiger partial charge in [-0.25, -0.2) is 0 Å². The van der Waals surface area contributed by atoms with Crippen molar-refractivity contribution in [3.63, 3.8) is 0 Å². The lowest BCUT2D eigenvalue weighted by Crippen LogP contribution is -2.28. The van der Waals surface area contributed by atoms with Gasteiger partial charge < -0.3 is 9.80 Å². The van der Waals surface area contributed by atoms with E-state index in [9.17, 15) is 0 Å². The third-order valence-corrected chi connectivity index (χ3v) is 6.37. The summed E-state index contributed by atoms with van der Waals surface area (Å²) < 4.78 is 0. The zero-order valence-corrected chi connectivity index (χ0v) is 16.4. The first-order valence-corrected chi connectivity index (χ1v) is 10.6. The summed E-state index contributed by atoms with van der Waals surface area (Å²) in [4.78, 5) is 5.22. The van der Waals surface area contributed by atoms with Gasteiger partial charge >= 0.3 is 0 Å². The van der Waals surface area contributed by atoms with E-state index in [0.717, 1.165) is 13.1 Å². The van der Waals surface area contributed by atoms with E-state index in [1.54, 1.807) is 0 Å². The van der Waals surface area contributed by atoms with Gasteiger partial charge in [0, 0.05) is 31.0 Å². The molecule has 5 rings (SSSR count). The van der Waals surface area contributed by atoms with Crippen molar-refractivity contribution in [1.29, 1.82) is 0 Å². The first kappa shape index (κ1) is 17.4. The average molecular weight is 369 g/mol. The monoisotopic (exact) mass is 368 g/mol. The fraction of sp³-hybridized carbons (Fsp3) is 0.308. The molecule has 3 aromatic rings. The zero-order chi connectivity index (χ0) is 18.8. The molecule has 0 spiro atoms. The standard InChI is InChI=1S/C26H28N2/c1-2-9-21(10-3-1)26(28-20-17-23-12-5-7-14-25(23)28)15-8-18-27-19-16-22-11-4-6-13-24(22)27/h1-7,9-14,26H,8,15-20H2. The Balaban J connectivity index is 1.33. The number of anilines is 2. The highest BCUT2D eigenvalue weighted by Gasteiger charge is 2.27. The molecule has 2 aliphatic rings. The van der Waals surface area contributed by atoms with E-state index in [2.05, 4.69) is 88.7 Å². The normalized spacial score (nSPS) is 16.1. The summed E-state index contributed by atoms with van der Waals surface area (Å²) in [6, 6.07) is 29.4. The number of nitrogens with zero attached hydrogens (tertiary/aromatic N) is 2. The summed E-state index contributed by atoms with van der Waals surface area (Å²) in [5.74, 6) is 0. The molecule has 0 saturated carbocycles. The second kappa shape index (κ2) is 7.71. The van der Waals surface area contributed by atoms with Gasteiger partial charge in [-0.3, -0.25) is 0 Å². The predicted molar refractivity (Wildman–Crippen MR) is 118 cm³/mol. The Morgan fingerprint density at radius 3 is 2.14 bits per heavy atom. The lowest BCUT2D eigenvalue weighted by Gasteiger charge is -2.32. The summed E-state index contributed by atoms with van der Waals surface area (Å²) in [7, 11) is 0. The van der Waals surface area contributed by atoms with Crippen molar-refractivity contribution >= 4 is 11.4 Å². The number of benzene rings is 3. The van der Waals surface area contributed by atoms with Gasteiger partial charge in [-0.15, -0.1) is 0 Å². The lowest BCUT2D eigenvalue weighted by molar-refractivity contribution is 0.560. The van der Waals surface area contributed by atoms with Crippen LogP contribution in [0.1, 0.15) is 35.6 Å². The van der Waals surface area contributed by atoms with E-state index in [-0.39, 0.29) is 0 Å². The fourth-order valence-electron chi connectivity index (χ4n) is 4.98. The molecule has 1 atom stereocenters. The van der Waals surface area contributed by atoms with Crippen molar-refractivity contribution in [2.75, 3.05) is 29.4 Å². The van der Waals surface area contributed by atoms with Gasteiger partial charge in [-0.1, -0.05) is 66.7 Å². The van der Waals surface area contributed by atoms with Crippen LogP contribution in [0.4, 0.5) is 11.4 Å². The fourth-order valence-corrected chi connectivity index (χ4v) is 4.98. The van der Waals surface area contributed by atoms with Crippen LogP contribution in [0.25, 0.3) is 0 Å². The van der Waals surface area contributed by atoms with E-state index in [1.807, 2.05) is 0 Å². The van der Waals surface area contributed by atoms with Crippen LogP contribution in [-0.2, 0) is 12.8 Å². The maximum atomic E-state index is 2.64. The van der Waals surface area contributed by atoms with Gasteiger partial charge in [0.05, 0.1) is 6.04 Å². The third kappa shape index (κ3) is 3.28. The molecule has 0 aliphatic carbocycles. The first-order chi connectivity index (χ1) is 13.9. The van der Waals surface area contributed by atoms with Gasteiger partial charge in [-0.2, -0.15) is 0 Å². The minimum absolute atomic E-state index is 0.461. The molecule has 2 heterocycles. The van der Waals surface area contributed by atoms with Crippen molar-refractivity contribution in [3.05, 3.63) is 95.6 Å². The Morgan fingerprint density at radius 2 is 1.32 bits per heavy atom. The van der Waals surface area contributed by atoms with Crippen LogP contribution in [0.15, 0.2) is 78.9 Å². The van der Waals surface area contributed by atoms with Crippen molar-refractivity contribution in [2.24, 2.45) is 0 Å². The molecular weight excluding hydrogens is 340 g/mol. The van der Waals surface area contributed by atoms with Gasteiger partial charge in [0.1, 0.15) is 0 Å². The van der Waals surface area contributed by atoms with Crippen LogP contribution in [0.2, 0.25) is 0 Å². The molecule has 2 heteroatoms. The van der Waals surface area contributed by atoms with Crippen LogP contribution in [0.3, 0.4) is 0 Å². The quantitative estimate of drug-likeness (QED) is 0.556. The highest BCUT2D eigenvalue weighted by Crippen LogP contribution is 2.37. The van der Waals surface area contributed by atoms with E-state index in [1.165, 1.54) is 60.3 Å². The highest BCUT2D eigenvalue weighted by molar-refractivity contribution is 5.60. The number of rotatable bonds is 6. The van der Waals surface area contributed by atoms with Crippen LogP contribution in [-0.4, -0.2) is 19.6 Å². The molecule has 0 N–H and O–H groups in total. The molecule has 3 aromatic carbocycles. The van der Waals surface area contributed by atoms with Crippen molar-refractivity contribution in [1.82, 2.24) is 0 Å². The largest absolute Gasteiger partial charge is 0.371 e. The minimum atomic E-state index is 0.461. The molecule has 0 aromatic heterocycles. The van der Waals surface area contributed by atoms with Crippen LogP contribution in [0, 0.1) is 0 Å². The van der Waals surface area contributed by atoms with E-state index in [4.69, 9.17) is 0 Å². The second-order valence-corrected chi connectivity index (χ2v) is 8.01. The van der Waals surface area contributed by atoms with Crippen molar-refractivity contribution in [2.45, 2.75) is 31.7 Å². The van der Waals surface area contributed by atoms with Gasteiger partial charge in [0.15, 0.2) is 0 Å². The molecule has 2 nitrogen and oxygen atoms in total. The van der Waals surface area contributed by atoms with Crippen LogP contribution >= 0.6 is 0 Å². The summed E-state index contributed by atoms with van der Waals surface area (Å²) in [6.07, 6.45) is 4.76. The van der Waals surface area contributed by atoms with Gasteiger partial charge in [0.2, 0.25) is 0 Å². The summed E-state index contributed by atoms with van der Waals surface area (Å²) in [5, 5.41) is 0. The first-order valence-electron chi connectivity index (χ1n) is 10.6. The molecule has 142 valence electrons. The predicted octanol–water partition coefficient (Wildman–Crippen LogP) is 5.63. The average Bonchev–Trinajstić information content (AvgIpc) is 3.36. The van der Waals surface area contributed by atoms with Gasteiger partial charge in [0.25, 0.3) is 0 Å². The molecular formula is C26H28N2.